The van der Waals surface area contributed by atoms with Crippen LogP contribution in [-0.2, 0) is 0 Å². The van der Waals surface area contributed by atoms with Crippen LogP contribution < -0.4 is 4.74 Å². The van der Waals surface area contributed by atoms with Crippen LogP contribution >= 0.6 is 11.3 Å². The molecule has 4 rings (SSSR count). The minimum absolute atomic E-state index is 0.491. The normalized spacial score (nSPS) is 10.8. The summed E-state index contributed by atoms with van der Waals surface area (Å²) in [6.07, 6.45) is 2.29. The number of thiophene rings is 1. The Hall–Kier alpha value is -3.05. The maximum absolute atomic E-state index is 11.0. The fourth-order valence-electron chi connectivity index (χ4n) is 2.63. The Morgan fingerprint density at radius 3 is 2.72 bits per heavy atom. The summed E-state index contributed by atoms with van der Waals surface area (Å²) in [7, 11) is 0. The summed E-state index contributed by atoms with van der Waals surface area (Å²) in [5, 5.41) is 2.95. The Morgan fingerprint density at radius 1 is 1.08 bits per heavy atom. The van der Waals surface area contributed by atoms with Crippen molar-refractivity contribution >= 4 is 27.8 Å². The highest BCUT2D eigenvalue weighted by atomic mass is 32.1. The molecule has 25 heavy (non-hydrogen) atoms. The van der Waals surface area contributed by atoms with Gasteiger partial charge in [0.05, 0.1) is 5.39 Å². The van der Waals surface area contributed by atoms with Crippen molar-refractivity contribution in [2.45, 2.75) is 6.92 Å². The van der Waals surface area contributed by atoms with Gasteiger partial charge < -0.3 is 4.74 Å². The lowest BCUT2D eigenvalue weighted by Gasteiger charge is -2.08. The molecule has 0 amide bonds. The van der Waals surface area contributed by atoms with Gasteiger partial charge in [-0.1, -0.05) is 42.0 Å². The highest BCUT2D eigenvalue weighted by Crippen LogP contribution is 2.39. The van der Waals surface area contributed by atoms with Gasteiger partial charge in [-0.05, 0) is 24.6 Å². The van der Waals surface area contributed by atoms with Crippen molar-refractivity contribution in [3.8, 4) is 22.8 Å². The number of rotatable bonds is 4. The number of hydrogen-bond acceptors (Lipinski definition) is 5. The summed E-state index contributed by atoms with van der Waals surface area (Å²) >= 11 is 1.56. The Labute approximate surface area is 148 Å². The second kappa shape index (κ2) is 6.45. The molecule has 2 aromatic carbocycles. The average molecular weight is 346 g/mol. The molecule has 0 bridgehead atoms. The van der Waals surface area contributed by atoms with Gasteiger partial charge in [-0.15, -0.1) is 11.3 Å². The first-order valence-electron chi connectivity index (χ1n) is 7.77. The number of ether oxygens (including phenoxy) is 1. The van der Waals surface area contributed by atoms with Crippen molar-refractivity contribution < 1.29 is 9.53 Å². The molecule has 0 aliphatic carbocycles. The van der Waals surface area contributed by atoms with Gasteiger partial charge in [0.1, 0.15) is 23.2 Å². The van der Waals surface area contributed by atoms with Crippen molar-refractivity contribution in [1.82, 2.24) is 9.97 Å². The molecule has 122 valence electrons. The summed E-state index contributed by atoms with van der Waals surface area (Å²) in [6, 6.07) is 15.3. The van der Waals surface area contributed by atoms with Crippen LogP contribution in [0, 0.1) is 6.92 Å². The van der Waals surface area contributed by atoms with Crippen LogP contribution in [0.1, 0.15) is 15.9 Å². The van der Waals surface area contributed by atoms with Gasteiger partial charge >= 0.3 is 0 Å². The molecule has 2 heterocycles. The number of carbonyl (C=O) groups is 1. The predicted molar refractivity (Wildman–Crippen MR) is 99.5 cm³/mol. The topological polar surface area (TPSA) is 52.1 Å². The van der Waals surface area contributed by atoms with E-state index in [1.54, 1.807) is 35.6 Å². The Bertz CT molecular complexity index is 1050. The summed E-state index contributed by atoms with van der Waals surface area (Å²) in [5.41, 5.74) is 3.91. The van der Waals surface area contributed by atoms with Crippen molar-refractivity contribution in [2.24, 2.45) is 0 Å². The molecule has 0 spiro atoms. The molecule has 0 aliphatic heterocycles. The van der Waals surface area contributed by atoms with E-state index < -0.39 is 0 Å². The van der Waals surface area contributed by atoms with Crippen molar-refractivity contribution in [2.75, 3.05) is 0 Å². The van der Waals surface area contributed by atoms with Crippen LogP contribution in [0.2, 0.25) is 0 Å². The quantitative estimate of drug-likeness (QED) is 0.472. The first kappa shape index (κ1) is 15.5. The molecule has 0 radical (unpaired) electrons. The fourth-order valence-corrected chi connectivity index (χ4v) is 3.54. The van der Waals surface area contributed by atoms with E-state index in [2.05, 4.69) is 46.5 Å². The minimum Gasteiger partial charge on any atom is -0.438 e. The van der Waals surface area contributed by atoms with Crippen LogP contribution in [0.25, 0.3) is 21.3 Å². The zero-order chi connectivity index (χ0) is 17.2. The number of benzene rings is 2. The summed E-state index contributed by atoms with van der Waals surface area (Å²) < 4.78 is 5.98. The Kier molecular flexibility index (Phi) is 3.99. The number of fused-ring (bicyclic) bond motifs is 1. The Balaban J connectivity index is 1.82. The molecule has 0 saturated heterocycles. The van der Waals surface area contributed by atoms with Crippen molar-refractivity contribution in [1.29, 1.82) is 0 Å². The Morgan fingerprint density at radius 2 is 1.92 bits per heavy atom. The zero-order valence-electron chi connectivity index (χ0n) is 13.5. The van der Waals surface area contributed by atoms with Gasteiger partial charge in [-0.25, -0.2) is 9.97 Å². The summed E-state index contributed by atoms with van der Waals surface area (Å²) in [6.45, 7) is 2.06. The van der Waals surface area contributed by atoms with E-state index in [1.165, 1.54) is 11.9 Å². The van der Waals surface area contributed by atoms with E-state index in [1.807, 2.05) is 0 Å². The lowest BCUT2D eigenvalue weighted by molar-refractivity contribution is 0.112. The lowest BCUT2D eigenvalue weighted by atomic mass is 10.0. The molecule has 2 aromatic heterocycles. The minimum atomic E-state index is 0.491. The maximum Gasteiger partial charge on any atom is 0.231 e. The molecule has 0 fully saturated rings. The molecule has 0 N–H and O–H groups in total. The van der Waals surface area contributed by atoms with Gasteiger partial charge in [0, 0.05) is 16.5 Å². The second-order valence-corrected chi connectivity index (χ2v) is 6.52. The monoisotopic (exact) mass is 346 g/mol. The number of nitrogens with zero attached hydrogens (tertiary/aromatic N) is 2. The van der Waals surface area contributed by atoms with Gasteiger partial charge in [0.2, 0.25) is 5.88 Å². The van der Waals surface area contributed by atoms with Crippen LogP contribution in [0.4, 0.5) is 0 Å². The largest absolute Gasteiger partial charge is 0.438 e. The third-order valence-electron chi connectivity index (χ3n) is 3.91. The highest BCUT2D eigenvalue weighted by Gasteiger charge is 2.15. The van der Waals surface area contributed by atoms with Crippen LogP contribution in [0.5, 0.6) is 11.6 Å². The highest BCUT2D eigenvalue weighted by molar-refractivity contribution is 7.17. The third-order valence-corrected chi connectivity index (χ3v) is 4.79. The number of hydrogen-bond donors (Lipinski definition) is 0. The van der Waals surface area contributed by atoms with Crippen LogP contribution in [0.15, 0.2) is 60.2 Å². The molecular weight excluding hydrogens is 332 g/mol. The zero-order valence-corrected chi connectivity index (χ0v) is 14.3. The van der Waals surface area contributed by atoms with Gasteiger partial charge in [-0.3, -0.25) is 4.79 Å². The lowest BCUT2D eigenvalue weighted by Crippen LogP contribution is -1.91. The fraction of sp³-hybridized carbons (Fsp3) is 0.0500. The standard InChI is InChI=1S/C20H14N2O2S/c1-13-5-7-15(8-6-13)17-11-25-20-18(17)19(21-12-22-20)24-16-4-2-3-14(9-16)10-23/h2-12H,1H3. The second-order valence-electron chi connectivity index (χ2n) is 5.67. The first-order valence-corrected chi connectivity index (χ1v) is 8.65. The molecule has 0 aliphatic rings. The molecule has 0 atom stereocenters. The summed E-state index contributed by atoms with van der Waals surface area (Å²) in [4.78, 5) is 20.5. The number of aromatic nitrogens is 2. The SMILES string of the molecule is Cc1ccc(-c2csc3ncnc(Oc4cccc(C=O)c4)c23)cc1. The van der Waals surface area contributed by atoms with Crippen molar-refractivity contribution in [3.63, 3.8) is 0 Å². The van der Waals surface area contributed by atoms with Crippen molar-refractivity contribution in [3.05, 3.63) is 71.4 Å². The van der Waals surface area contributed by atoms with Gasteiger partial charge in [0.15, 0.2) is 0 Å². The van der Waals surface area contributed by atoms with Crippen LogP contribution in [0.3, 0.4) is 0 Å². The number of aldehydes is 1. The first-order chi connectivity index (χ1) is 12.2. The van der Waals surface area contributed by atoms with E-state index in [-0.39, 0.29) is 0 Å². The maximum atomic E-state index is 11.0. The van der Waals surface area contributed by atoms with E-state index >= 15 is 0 Å². The molecule has 4 aromatic rings. The smallest absolute Gasteiger partial charge is 0.231 e. The summed E-state index contributed by atoms with van der Waals surface area (Å²) in [5.74, 6) is 1.07. The molecule has 0 saturated carbocycles. The van der Waals surface area contributed by atoms with E-state index in [9.17, 15) is 4.79 Å². The predicted octanol–water partition coefficient (Wildman–Crippen LogP) is 5.27. The molecule has 4 nitrogen and oxygen atoms in total. The van der Waals surface area contributed by atoms with E-state index in [0.29, 0.717) is 17.2 Å². The number of carbonyl (C=O) groups excluding carboxylic acids is 1. The average Bonchev–Trinajstić information content (AvgIpc) is 3.08. The molecule has 0 unspecified atom stereocenters. The van der Waals surface area contributed by atoms with Gasteiger partial charge in [-0.2, -0.15) is 0 Å². The molecular formula is C20H14N2O2S. The van der Waals surface area contributed by atoms with E-state index in [0.717, 1.165) is 27.6 Å². The van der Waals surface area contributed by atoms with E-state index in [4.69, 9.17) is 4.74 Å². The van der Waals surface area contributed by atoms with Crippen LogP contribution in [-0.4, -0.2) is 16.3 Å². The third kappa shape index (κ3) is 3.02. The number of aryl methyl sites for hydroxylation is 1. The van der Waals surface area contributed by atoms with Gasteiger partial charge in [0.25, 0.3) is 0 Å². The molecule has 5 heteroatoms.